The summed E-state index contributed by atoms with van der Waals surface area (Å²) in [5.41, 5.74) is 1.20. The molecule has 1 heterocycles. The number of hydrogen-bond donors (Lipinski definition) is 0. The van der Waals surface area contributed by atoms with Crippen molar-refractivity contribution in [1.29, 1.82) is 0 Å². The molecule has 0 aliphatic heterocycles. The summed E-state index contributed by atoms with van der Waals surface area (Å²) in [4.78, 5) is 7.91. The number of hydrogen-bond acceptors (Lipinski definition) is 3. The molecule has 0 aliphatic carbocycles. The van der Waals surface area contributed by atoms with Gasteiger partial charge in [0.15, 0.2) is 0 Å². The zero-order valence-corrected chi connectivity index (χ0v) is 9.91. The molecule has 0 bridgehead atoms. The van der Waals surface area contributed by atoms with Gasteiger partial charge in [-0.2, -0.15) is 0 Å². The molecule has 3 nitrogen and oxygen atoms in total. The molecule has 0 aliphatic rings. The molecule has 0 radical (unpaired) electrons. The second-order valence-electron chi connectivity index (χ2n) is 2.96. The average Bonchev–Trinajstić information content (AvgIpc) is 2.31. The Balaban J connectivity index is 0.000000606. The van der Waals surface area contributed by atoms with Crippen molar-refractivity contribution in [2.24, 2.45) is 0 Å². The van der Waals surface area contributed by atoms with Gasteiger partial charge >= 0.3 is 0 Å². The van der Waals surface area contributed by atoms with Gasteiger partial charge in [-0.1, -0.05) is 13.8 Å². The number of fused-ring (bicyclic) bond motifs is 1. The minimum Gasteiger partial charge on any atom is -0.497 e. The number of methoxy groups -OCH3 is 1. The summed E-state index contributed by atoms with van der Waals surface area (Å²) < 4.78 is 18.5. The third-order valence-electron chi connectivity index (χ3n) is 2.09. The van der Waals surface area contributed by atoms with Crippen molar-refractivity contribution in [3.05, 3.63) is 30.0 Å². The van der Waals surface area contributed by atoms with Crippen LogP contribution >= 0.6 is 0 Å². The van der Waals surface area contributed by atoms with E-state index in [1.807, 2.05) is 13.8 Å². The molecule has 86 valence electrons. The summed E-state index contributed by atoms with van der Waals surface area (Å²) in [7, 11) is 1.49. The number of ether oxygens (including phenoxy) is 1. The Morgan fingerprint density at radius 2 is 1.88 bits per heavy atom. The fraction of sp³-hybridized carbons (Fsp3) is 0.333. The van der Waals surface area contributed by atoms with Crippen LogP contribution < -0.4 is 4.74 Å². The van der Waals surface area contributed by atoms with E-state index in [4.69, 9.17) is 4.74 Å². The Hall–Kier alpha value is -1.71. The molecular weight excluding hydrogens is 207 g/mol. The van der Waals surface area contributed by atoms with Crippen molar-refractivity contribution >= 4 is 10.9 Å². The minimum absolute atomic E-state index is 0.350. The quantitative estimate of drug-likeness (QED) is 0.743. The molecule has 0 N–H and O–H groups in total. The van der Waals surface area contributed by atoms with Gasteiger partial charge in [-0.05, 0) is 6.92 Å². The fourth-order valence-electron chi connectivity index (χ4n) is 1.39. The summed E-state index contributed by atoms with van der Waals surface area (Å²) >= 11 is 0. The molecule has 1 aromatic heterocycles. The van der Waals surface area contributed by atoms with Gasteiger partial charge < -0.3 is 4.74 Å². The first-order valence-corrected chi connectivity index (χ1v) is 5.17. The highest BCUT2D eigenvalue weighted by atomic mass is 19.1. The summed E-state index contributed by atoms with van der Waals surface area (Å²) in [6, 6.07) is 3.02. The second-order valence-corrected chi connectivity index (χ2v) is 2.96. The standard InChI is InChI=1S/C10H9FN2O.C2H6/c1-6-10-8(11)3-7(14-2)4-9(10)13-5-12-6;1-2/h3-5H,1-2H3;1-2H3. The van der Waals surface area contributed by atoms with Crippen LogP contribution in [0.4, 0.5) is 4.39 Å². The van der Waals surface area contributed by atoms with Crippen LogP contribution in [0.5, 0.6) is 5.75 Å². The third-order valence-corrected chi connectivity index (χ3v) is 2.09. The van der Waals surface area contributed by atoms with Crippen molar-refractivity contribution in [1.82, 2.24) is 9.97 Å². The SMILES string of the molecule is CC.COc1cc(F)c2c(C)ncnc2c1. The first-order valence-electron chi connectivity index (χ1n) is 5.17. The smallest absolute Gasteiger partial charge is 0.138 e. The van der Waals surface area contributed by atoms with Crippen LogP contribution in [-0.4, -0.2) is 17.1 Å². The van der Waals surface area contributed by atoms with E-state index in [2.05, 4.69) is 9.97 Å². The summed E-state index contributed by atoms with van der Waals surface area (Å²) in [6.45, 7) is 5.75. The molecule has 16 heavy (non-hydrogen) atoms. The van der Waals surface area contributed by atoms with Gasteiger partial charge in [0, 0.05) is 12.1 Å². The Kier molecular flexibility index (Phi) is 4.17. The molecule has 0 spiro atoms. The highest BCUT2D eigenvalue weighted by Crippen LogP contribution is 2.23. The fourth-order valence-corrected chi connectivity index (χ4v) is 1.39. The zero-order chi connectivity index (χ0) is 12.1. The largest absolute Gasteiger partial charge is 0.497 e. The van der Waals surface area contributed by atoms with Gasteiger partial charge in [0.2, 0.25) is 0 Å². The average molecular weight is 222 g/mol. The van der Waals surface area contributed by atoms with Crippen molar-refractivity contribution in [3.8, 4) is 5.75 Å². The summed E-state index contributed by atoms with van der Waals surface area (Å²) in [6.07, 6.45) is 1.41. The number of benzene rings is 1. The maximum Gasteiger partial charge on any atom is 0.138 e. The Bertz CT molecular complexity index is 486. The Morgan fingerprint density at radius 3 is 2.50 bits per heavy atom. The monoisotopic (exact) mass is 222 g/mol. The number of rotatable bonds is 1. The molecule has 1 aromatic carbocycles. The van der Waals surface area contributed by atoms with Gasteiger partial charge in [0.1, 0.15) is 17.9 Å². The van der Waals surface area contributed by atoms with E-state index in [0.29, 0.717) is 22.3 Å². The van der Waals surface area contributed by atoms with E-state index in [-0.39, 0.29) is 5.82 Å². The molecule has 2 rings (SSSR count). The molecule has 4 heteroatoms. The van der Waals surface area contributed by atoms with Crippen LogP contribution in [0.25, 0.3) is 10.9 Å². The van der Waals surface area contributed by atoms with E-state index in [0.717, 1.165) is 0 Å². The molecule has 0 atom stereocenters. The predicted octanol–water partition coefficient (Wildman–Crippen LogP) is 3.11. The summed E-state index contributed by atoms with van der Waals surface area (Å²) in [5, 5.41) is 0.452. The molecular formula is C12H15FN2O. The normalized spacial score (nSPS) is 9.56. The van der Waals surface area contributed by atoms with E-state index in [1.54, 1.807) is 13.0 Å². The molecule has 0 fully saturated rings. The first-order chi connectivity index (χ1) is 7.72. The molecule has 0 unspecified atom stereocenters. The summed E-state index contributed by atoms with van der Waals surface area (Å²) in [5.74, 6) is 0.116. The van der Waals surface area contributed by atoms with E-state index in [9.17, 15) is 4.39 Å². The Morgan fingerprint density at radius 1 is 1.19 bits per heavy atom. The van der Waals surface area contributed by atoms with Crippen molar-refractivity contribution in [2.75, 3.05) is 7.11 Å². The van der Waals surface area contributed by atoms with Gasteiger partial charge in [-0.15, -0.1) is 0 Å². The van der Waals surface area contributed by atoms with Crippen LogP contribution in [0.15, 0.2) is 18.5 Å². The van der Waals surface area contributed by atoms with E-state index in [1.165, 1.54) is 19.5 Å². The maximum absolute atomic E-state index is 13.5. The van der Waals surface area contributed by atoms with Gasteiger partial charge in [-0.25, -0.2) is 14.4 Å². The molecule has 0 saturated carbocycles. The van der Waals surface area contributed by atoms with Crippen LogP contribution in [0.3, 0.4) is 0 Å². The first kappa shape index (κ1) is 12.4. The molecule has 0 amide bonds. The Labute approximate surface area is 94.3 Å². The van der Waals surface area contributed by atoms with Gasteiger partial charge in [0.25, 0.3) is 0 Å². The van der Waals surface area contributed by atoms with Crippen molar-refractivity contribution < 1.29 is 9.13 Å². The van der Waals surface area contributed by atoms with Crippen LogP contribution in [0, 0.1) is 12.7 Å². The second kappa shape index (κ2) is 5.39. The number of nitrogens with zero attached hydrogens (tertiary/aromatic N) is 2. The minimum atomic E-state index is -0.350. The number of halogens is 1. The highest BCUT2D eigenvalue weighted by molar-refractivity contribution is 5.82. The number of aryl methyl sites for hydroxylation is 1. The molecule has 2 aromatic rings. The maximum atomic E-state index is 13.5. The lowest BCUT2D eigenvalue weighted by atomic mass is 10.2. The van der Waals surface area contributed by atoms with Gasteiger partial charge in [-0.3, -0.25) is 0 Å². The van der Waals surface area contributed by atoms with Crippen molar-refractivity contribution in [2.45, 2.75) is 20.8 Å². The van der Waals surface area contributed by atoms with Crippen molar-refractivity contribution in [3.63, 3.8) is 0 Å². The van der Waals surface area contributed by atoms with Crippen LogP contribution in [0.1, 0.15) is 19.5 Å². The topological polar surface area (TPSA) is 35.0 Å². The van der Waals surface area contributed by atoms with Crippen LogP contribution in [-0.2, 0) is 0 Å². The predicted molar refractivity (Wildman–Crippen MR) is 62.1 cm³/mol. The van der Waals surface area contributed by atoms with E-state index >= 15 is 0 Å². The zero-order valence-electron chi connectivity index (χ0n) is 9.91. The van der Waals surface area contributed by atoms with E-state index < -0.39 is 0 Å². The lowest BCUT2D eigenvalue weighted by Crippen LogP contribution is -1.92. The number of aromatic nitrogens is 2. The van der Waals surface area contributed by atoms with Gasteiger partial charge in [0.05, 0.1) is 23.7 Å². The van der Waals surface area contributed by atoms with Crippen LogP contribution in [0.2, 0.25) is 0 Å². The lowest BCUT2D eigenvalue weighted by molar-refractivity contribution is 0.412. The highest BCUT2D eigenvalue weighted by Gasteiger charge is 2.07. The lowest BCUT2D eigenvalue weighted by Gasteiger charge is -2.04. The molecule has 0 saturated heterocycles. The third kappa shape index (κ3) is 2.27.